The van der Waals surface area contributed by atoms with Crippen molar-refractivity contribution < 1.29 is 18.3 Å². The standard InChI is InChI=1S/C22H34F2N4O2.HI/c1-5-25-20(26-13-12-15-6-7-16(23)14-19(15)24)27-17-8-10-18(11-9-17)28-21(29)30-22(2,3)4;/h6-7,14,17-18H,5,8-13H2,1-4H3,(H,28,29)(H2,25,26,27);1H. The van der Waals surface area contributed by atoms with E-state index in [1.807, 2.05) is 27.7 Å². The molecule has 3 N–H and O–H groups in total. The fourth-order valence-electron chi connectivity index (χ4n) is 3.38. The lowest BCUT2D eigenvalue weighted by Crippen LogP contribution is -2.48. The molecule has 1 aromatic carbocycles. The van der Waals surface area contributed by atoms with E-state index in [0.29, 0.717) is 31.0 Å². The topological polar surface area (TPSA) is 74.8 Å². The van der Waals surface area contributed by atoms with Gasteiger partial charge in [-0.15, -0.1) is 24.0 Å². The van der Waals surface area contributed by atoms with E-state index in [9.17, 15) is 13.6 Å². The molecular weight excluding hydrogens is 517 g/mol. The zero-order valence-corrected chi connectivity index (χ0v) is 21.1. The van der Waals surface area contributed by atoms with Crippen LogP contribution < -0.4 is 16.0 Å². The highest BCUT2D eigenvalue weighted by molar-refractivity contribution is 14.0. The predicted molar refractivity (Wildman–Crippen MR) is 130 cm³/mol. The summed E-state index contributed by atoms with van der Waals surface area (Å²) in [4.78, 5) is 16.4. The zero-order valence-electron chi connectivity index (χ0n) is 18.8. The molecule has 0 atom stereocenters. The summed E-state index contributed by atoms with van der Waals surface area (Å²) in [6.45, 7) is 8.64. The summed E-state index contributed by atoms with van der Waals surface area (Å²) in [6.07, 6.45) is 3.54. The number of benzene rings is 1. The van der Waals surface area contributed by atoms with Crippen LogP contribution in [0.5, 0.6) is 0 Å². The smallest absolute Gasteiger partial charge is 0.407 e. The Morgan fingerprint density at radius 3 is 2.29 bits per heavy atom. The van der Waals surface area contributed by atoms with Gasteiger partial charge in [0.1, 0.15) is 17.2 Å². The van der Waals surface area contributed by atoms with Crippen molar-refractivity contribution in [1.29, 1.82) is 0 Å². The molecule has 0 radical (unpaired) electrons. The Morgan fingerprint density at radius 1 is 1.13 bits per heavy atom. The first-order valence-electron chi connectivity index (χ1n) is 10.6. The van der Waals surface area contributed by atoms with Crippen molar-refractivity contribution in [3.63, 3.8) is 0 Å². The van der Waals surface area contributed by atoms with E-state index in [0.717, 1.165) is 31.7 Å². The van der Waals surface area contributed by atoms with Gasteiger partial charge in [-0.2, -0.15) is 0 Å². The Balaban J connectivity index is 0.00000480. The maximum absolute atomic E-state index is 13.8. The lowest BCUT2D eigenvalue weighted by atomic mass is 9.91. The van der Waals surface area contributed by atoms with Gasteiger partial charge in [0.15, 0.2) is 5.96 Å². The molecule has 1 aromatic rings. The molecule has 1 aliphatic rings. The van der Waals surface area contributed by atoms with Crippen LogP contribution in [-0.2, 0) is 11.2 Å². The third-order valence-corrected chi connectivity index (χ3v) is 4.80. The summed E-state index contributed by atoms with van der Waals surface area (Å²) >= 11 is 0. The van der Waals surface area contributed by atoms with Crippen molar-refractivity contribution in [1.82, 2.24) is 16.0 Å². The minimum atomic E-state index is -0.577. The van der Waals surface area contributed by atoms with E-state index in [2.05, 4.69) is 20.9 Å². The number of carbonyl (C=O) groups is 1. The number of nitrogens with one attached hydrogen (secondary N) is 3. The van der Waals surface area contributed by atoms with Crippen molar-refractivity contribution in [3.05, 3.63) is 35.4 Å². The van der Waals surface area contributed by atoms with E-state index < -0.39 is 17.2 Å². The normalized spacial score (nSPS) is 19.2. The number of ether oxygens (including phenoxy) is 1. The third-order valence-electron chi connectivity index (χ3n) is 4.80. The molecule has 2 rings (SSSR count). The van der Waals surface area contributed by atoms with Gasteiger partial charge in [0.2, 0.25) is 0 Å². The molecule has 0 bridgehead atoms. The minimum Gasteiger partial charge on any atom is -0.444 e. The highest BCUT2D eigenvalue weighted by atomic mass is 127. The number of alkyl carbamates (subject to hydrolysis) is 1. The van der Waals surface area contributed by atoms with Gasteiger partial charge in [-0.3, -0.25) is 4.99 Å². The van der Waals surface area contributed by atoms with Gasteiger partial charge >= 0.3 is 6.09 Å². The highest BCUT2D eigenvalue weighted by Crippen LogP contribution is 2.19. The highest BCUT2D eigenvalue weighted by Gasteiger charge is 2.25. The number of rotatable bonds is 6. The molecule has 0 aliphatic heterocycles. The van der Waals surface area contributed by atoms with E-state index in [-0.39, 0.29) is 42.2 Å². The number of halogens is 3. The van der Waals surface area contributed by atoms with E-state index >= 15 is 0 Å². The van der Waals surface area contributed by atoms with Gasteiger partial charge in [0, 0.05) is 31.2 Å². The molecule has 0 spiro atoms. The summed E-state index contributed by atoms with van der Waals surface area (Å²) < 4.78 is 32.1. The Labute approximate surface area is 201 Å². The van der Waals surface area contributed by atoms with Crippen molar-refractivity contribution in [2.45, 2.75) is 77.5 Å². The number of hydrogen-bond donors (Lipinski definition) is 3. The van der Waals surface area contributed by atoms with Crippen LogP contribution in [0.25, 0.3) is 0 Å². The molecular formula is C22H35F2IN4O2. The van der Waals surface area contributed by atoms with Gasteiger partial charge in [-0.05, 0) is 71.4 Å². The van der Waals surface area contributed by atoms with Crippen LogP contribution in [-0.4, -0.2) is 42.8 Å². The van der Waals surface area contributed by atoms with Crippen molar-refractivity contribution in [2.75, 3.05) is 13.1 Å². The van der Waals surface area contributed by atoms with Crippen LogP contribution in [0.1, 0.15) is 58.9 Å². The number of aliphatic imine (C=N–C) groups is 1. The van der Waals surface area contributed by atoms with Crippen LogP contribution in [0.15, 0.2) is 23.2 Å². The Bertz CT molecular complexity index is 733. The molecule has 0 saturated heterocycles. The molecule has 0 unspecified atom stereocenters. The largest absolute Gasteiger partial charge is 0.444 e. The summed E-state index contributed by atoms with van der Waals surface area (Å²) in [5.41, 5.74) is -0.0543. The first kappa shape index (κ1) is 27.4. The molecule has 31 heavy (non-hydrogen) atoms. The predicted octanol–water partition coefficient (Wildman–Crippen LogP) is 4.52. The lowest BCUT2D eigenvalue weighted by Gasteiger charge is -2.31. The second-order valence-electron chi connectivity index (χ2n) is 8.59. The fourth-order valence-corrected chi connectivity index (χ4v) is 3.38. The second-order valence-corrected chi connectivity index (χ2v) is 8.59. The second kappa shape index (κ2) is 13.0. The summed E-state index contributed by atoms with van der Waals surface area (Å²) in [5.74, 6) is -0.436. The average molecular weight is 552 g/mol. The number of amides is 1. The van der Waals surface area contributed by atoms with Crippen LogP contribution in [0.4, 0.5) is 13.6 Å². The van der Waals surface area contributed by atoms with Crippen LogP contribution in [0.3, 0.4) is 0 Å². The van der Waals surface area contributed by atoms with Gasteiger partial charge in [-0.25, -0.2) is 13.6 Å². The Hall–Kier alpha value is -1.65. The molecule has 6 nitrogen and oxygen atoms in total. The molecule has 0 heterocycles. The van der Waals surface area contributed by atoms with Gasteiger partial charge in [0.05, 0.1) is 0 Å². The molecule has 176 valence electrons. The summed E-state index contributed by atoms with van der Waals surface area (Å²) in [5, 5.41) is 9.56. The van der Waals surface area contributed by atoms with E-state index in [4.69, 9.17) is 4.74 Å². The SMILES string of the molecule is CCNC(=NCCc1ccc(F)cc1F)NC1CCC(NC(=O)OC(C)(C)C)CC1.I. The summed E-state index contributed by atoms with van der Waals surface area (Å²) in [6, 6.07) is 3.97. The number of hydrogen-bond acceptors (Lipinski definition) is 3. The van der Waals surface area contributed by atoms with E-state index in [1.54, 1.807) is 0 Å². The lowest BCUT2D eigenvalue weighted by molar-refractivity contribution is 0.0490. The van der Waals surface area contributed by atoms with Gasteiger partial charge in [-0.1, -0.05) is 6.07 Å². The van der Waals surface area contributed by atoms with Gasteiger partial charge < -0.3 is 20.7 Å². The number of nitrogens with zero attached hydrogens (tertiary/aromatic N) is 1. The van der Waals surface area contributed by atoms with E-state index in [1.165, 1.54) is 12.1 Å². The minimum absolute atomic E-state index is 0. The quantitative estimate of drug-likeness (QED) is 0.276. The van der Waals surface area contributed by atoms with Crippen LogP contribution >= 0.6 is 24.0 Å². The molecule has 9 heteroatoms. The number of carbonyl (C=O) groups excluding carboxylic acids is 1. The maximum atomic E-state index is 13.8. The average Bonchev–Trinajstić information content (AvgIpc) is 2.63. The zero-order chi connectivity index (χ0) is 22.1. The van der Waals surface area contributed by atoms with Crippen LogP contribution in [0.2, 0.25) is 0 Å². The number of guanidine groups is 1. The van der Waals surface area contributed by atoms with Crippen molar-refractivity contribution in [3.8, 4) is 0 Å². The monoisotopic (exact) mass is 552 g/mol. The van der Waals surface area contributed by atoms with Crippen molar-refractivity contribution >= 4 is 36.0 Å². The Morgan fingerprint density at radius 2 is 1.74 bits per heavy atom. The van der Waals surface area contributed by atoms with Crippen molar-refractivity contribution in [2.24, 2.45) is 4.99 Å². The molecule has 1 saturated carbocycles. The summed E-state index contributed by atoms with van der Waals surface area (Å²) in [7, 11) is 0. The first-order valence-corrected chi connectivity index (χ1v) is 10.6. The Kier molecular flexibility index (Phi) is 11.5. The third kappa shape index (κ3) is 10.5. The molecule has 0 aromatic heterocycles. The van der Waals surface area contributed by atoms with Gasteiger partial charge in [0.25, 0.3) is 0 Å². The first-order chi connectivity index (χ1) is 14.2. The van der Waals surface area contributed by atoms with Crippen LogP contribution in [0, 0.1) is 11.6 Å². The molecule has 1 fully saturated rings. The molecule has 1 amide bonds. The maximum Gasteiger partial charge on any atom is 0.407 e. The fraction of sp³-hybridized carbons (Fsp3) is 0.636. The molecule has 1 aliphatic carbocycles.